The zero-order chi connectivity index (χ0) is 15.2. The summed E-state index contributed by atoms with van der Waals surface area (Å²) in [4.78, 5) is 18.1. The van der Waals surface area contributed by atoms with Crippen LogP contribution in [-0.4, -0.2) is 21.4 Å². The summed E-state index contributed by atoms with van der Waals surface area (Å²) in [5.74, 6) is 0.149. The third-order valence-electron chi connectivity index (χ3n) is 2.40. The van der Waals surface area contributed by atoms with Crippen molar-refractivity contribution in [2.45, 2.75) is 0 Å². The van der Waals surface area contributed by atoms with Gasteiger partial charge in [-0.05, 0) is 24.3 Å². The van der Waals surface area contributed by atoms with Crippen LogP contribution < -0.4 is 10.6 Å². The van der Waals surface area contributed by atoms with Crippen LogP contribution in [0.2, 0.25) is 5.02 Å². The van der Waals surface area contributed by atoms with Crippen molar-refractivity contribution < 1.29 is 4.92 Å². The molecule has 0 fully saturated rings. The van der Waals surface area contributed by atoms with Gasteiger partial charge in [0.2, 0.25) is 11.8 Å². The lowest BCUT2D eigenvalue weighted by molar-refractivity contribution is -0.384. The van der Waals surface area contributed by atoms with Gasteiger partial charge in [0.25, 0.3) is 0 Å². The predicted molar refractivity (Wildman–Crippen MR) is 77.5 cm³/mol. The molecule has 0 saturated carbocycles. The first-order chi connectivity index (χ1) is 10.1. The van der Waals surface area contributed by atoms with Crippen LogP contribution in [0.4, 0.5) is 23.1 Å². The molecule has 0 atom stereocenters. The summed E-state index contributed by atoms with van der Waals surface area (Å²) in [6.07, 6.45) is 1.07. The third-order valence-corrected chi connectivity index (χ3v) is 2.65. The number of hydrogen-bond donors (Lipinski definition) is 2. The van der Waals surface area contributed by atoms with Crippen molar-refractivity contribution >= 4 is 34.7 Å². The van der Waals surface area contributed by atoms with Gasteiger partial charge in [0, 0.05) is 10.7 Å². The van der Waals surface area contributed by atoms with Crippen LogP contribution in [0.1, 0.15) is 0 Å². The van der Waals surface area contributed by atoms with Crippen molar-refractivity contribution in [1.29, 1.82) is 5.26 Å². The second kappa shape index (κ2) is 6.49. The van der Waals surface area contributed by atoms with Crippen molar-refractivity contribution in [2.75, 3.05) is 17.2 Å². The topological polar surface area (TPSA) is 117 Å². The fraction of sp³-hybridized carbons (Fsp3) is 0.0833. The molecule has 0 unspecified atom stereocenters. The summed E-state index contributed by atoms with van der Waals surface area (Å²) in [6.45, 7) is -0.0990. The van der Waals surface area contributed by atoms with Gasteiger partial charge in [-0.15, -0.1) is 0 Å². The van der Waals surface area contributed by atoms with E-state index < -0.39 is 4.92 Å². The molecule has 2 N–H and O–H groups in total. The zero-order valence-corrected chi connectivity index (χ0v) is 11.3. The van der Waals surface area contributed by atoms with E-state index in [0.717, 1.165) is 6.20 Å². The Balaban J connectivity index is 2.26. The number of nitrogens with one attached hydrogen (secondary N) is 2. The van der Waals surface area contributed by atoms with Crippen molar-refractivity contribution in [3.63, 3.8) is 0 Å². The van der Waals surface area contributed by atoms with Crippen LogP contribution in [0.15, 0.2) is 30.5 Å². The molecule has 1 aromatic heterocycles. The predicted octanol–water partition coefficient (Wildman–Crippen LogP) is 2.72. The van der Waals surface area contributed by atoms with Gasteiger partial charge < -0.3 is 10.6 Å². The van der Waals surface area contributed by atoms with E-state index in [1.807, 2.05) is 6.07 Å². The summed E-state index contributed by atoms with van der Waals surface area (Å²) in [5, 5.41) is 25.4. The molecule has 0 bridgehead atoms. The van der Waals surface area contributed by atoms with E-state index in [9.17, 15) is 10.1 Å². The molecule has 0 aliphatic carbocycles. The Bertz CT molecular complexity index is 698. The number of benzene rings is 1. The molecule has 0 amide bonds. The number of hydrogen-bond acceptors (Lipinski definition) is 7. The van der Waals surface area contributed by atoms with Crippen molar-refractivity contribution in [2.24, 2.45) is 0 Å². The second-order valence-corrected chi connectivity index (χ2v) is 4.26. The fourth-order valence-corrected chi connectivity index (χ4v) is 1.61. The first-order valence-corrected chi connectivity index (χ1v) is 6.13. The number of nitro groups is 1. The summed E-state index contributed by atoms with van der Waals surface area (Å²) in [7, 11) is 0. The molecule has 1 aromatic carbocycles. The summed E-state index contributed by atoms with van der Waals surface area (Å²) < 4.78 is 0. The first-order valence-electron chi connectivity index (χ1n) is 5.75. The molecular weight excluding hydrogens is 296 g/mol. The molecule has 8 nitrogen and oxygen atoms in total. The SMILES string of the molecule is N#CCNc1nc(Nc2ccc(Cl)cc2)ncc1[N+](=O)[O-]. The van der Waals surface area contributed by atoms with Crippen LogP contribution in [0, 0.1) is 21.4 Å². The molecule has 21 heavy (non-hydrogen) atoms. The molecule has 0 saturated heterocycles. The average Bonchev–Trinajstić information content (AvgIpc) is 2.47. The first kappa shape index (κ1) is 14.5. The maximum absolute atomic E-state index is 10.9. The highest BCUT2D eigenvalue weighted by atomic mass is 35.5. The molecule has 106 valence electrons. The minimum Gasteiger partial charge on any atom is -0.351 e. The third kappa shape index (κ3) is 3.77. The number of anilines is 3. The Hall–Kier alpha value is -2.92. The monoisotopic (exact) mass is 304 g/mol. The Labute approximate surface area is 124 Å². The smallest absolute Gasteiger partial charge is 0.329 e. The number of rotatable bonds is 5. The van der Waals surface area contributed by atoms with Crippen LogP contribution in [-0.2, 0) is 0 Å². The lowest BCUT2D eigenvalue weighted by Gasteiger charge is -2.07. The molecule has 0 spiro atoms. The number of nitrogens with zero attached hydrogens (tertiary/aromatic N) is 4. The van der Waals surface area contributed by atoms with Crippen LogP contribution in [0.25, 0.3) is 0 Å². The highest BCUT2D eigenvalue weighted by Crippen LogP contribution is 2.23. The largest absolute Gasteiger partial charge is 0.351 e. The molecule has 0 radical (unpaired) electrons. The fourth-order valence-electron chi connectivity index (χ4n) is 1.48. The van der Waals surface area contributed by atoms with Crippen molar-refractivity contribution in [3.05, 3.63) is 45.6 Å². The van der Waals surface area contributed by atoms with Gasteiger partial charge >= 0.3 is 5.69 Å². The van der Waals surface area contributed by atoms with Crippen molar-refractivity contribution in [3.8, 4) is 6.07 Å². The van der Waals surface area contributed by atoms with E-state index in [0.29, 0.717) is 10.7 Å². The Morgan fingerprint density at radius 2 is 2.10 bits per heavy atom. The van der Waals surface area contributed by atoms with Crippen LogP contribution in [0.5, 0.6) is 0 Å². The Kier molecular flexibility index (Phi) is 4.48. The van der Waals surface area contributed by atoms with E-state index in [2.05, 4.69) is 20.6 Å². The van der Waals surface area contributed by atoms with E-state index in [1.54, 1.807) is 24.3 Å². The van der Waals surface area contributed by atoms with Gasteiger partial charge in [0.05, 0.1) is 11.0 Å². The van der Waals surface area contributed by atoms with E-state index in [4.69, 9.17) is 16.9 Å². The number of halogens is 1. The van der Waals surface area contributed by atoms with E-state index >= 15 is 0 Å². The Morgan fingerprint density at radius 1 is 1.38 bits per heavy atom. The standard InChI is InChI=1S/C12H9ClN6O2/c13-8-1-3-9(4-2-8)17-12-16-7-10(19(20)21)11(18-12)15-6-5-14/h1-4,7H,6H2,(H2,15,16,17,18). The minimum absolute atomic E-state index is 0.0204. The average molecular weight is 305 g/mol. The lowest BCUT2D eigenvalue weighted by atomic mass is 10.3. The molecule has 9 heteroatoms. The molecule has 0 aliphatic heterocycles. The van der Waals surface area contributed by atoms with Gasteiger partial charge in [-0.1, -0.05) is 11.6 Å². The molecular formula is C12H9ClN6O2. The van der Waals surface area contributed by atoms with Gasteiger partial charge in [-0.3, -0.25) is 10.1 Å². The van der Waals surface area contributed by atoms with Gasteiger partial charge in [-0.25, -0.2) is 4.98 Å². The maximum Gasteiger partial charge on any atom is 0.329 e. The van der Waals surface area contributed by atoms with E-state index in [1.165, 1.54) is 0 Å². The minimum atomic E-state index is -0.619. The van der Waals surface area contributed by atoms with Crippen LogP contribution >= 0.6 is 11.6 Å². The lowest BCUT2D eigenvalue weighted by Crippen LogP contribution is -2.07. The van der Waals surface area contributed by atoms with Crippen LogP contribution in [0.3, 0.4) is 0 Å². The van der Waals surface area contributed by atoms with Gasteiger partial charge in [-0.2, -0.15) is 10.2 Å². The molecule has 2 aromatic rings. The van der Waals surface area contributed by atoms with Gasteiger partial charge in [0.15, 0.2) is 0 Å². The summed E-state index contributed by atoms with van der Waals surface area (Å²) >= 11 is 5.78. The molecule has 1 heterocycles. The number of nitriles is 1. The summed E-state index contributed by atoms with van der Waals surface area (Å²) in [5.41, 5.74) is 0.381. The quantitative estimate of drug-likeness (QED) is 0.495. The normalized spacial score (nSPS) is 9.71. The second-order valence-electron chi connectivity index (χ2n) is 3.83. The van der Waals surface area contributed by atoms with E-state index in [-0.39, 0.29) is 24.0 Å². The number of aromatic nitrogens is 2. The maximum atomic E-state index is 10.9. The zero-order valence-electron chi connectivity index (χ0n) is 10.6. The summed E-state index contributed by atoms with van der Waals surface area (Å²) in [6, 6.07) is 8.63. The molecule has 2 rings (SSSR count). The highest BCUT2D eigenvalue weighted by Gasteiger charge is 2.16. The van der Waals surface area contributed by atoms with Gasteiger partial charge in [0.1, 0.15) is 12.7 Å². The van der Waals surface area contributed by atoms with Crippen molar-refractivity contribution in [1.82, 2.24) is 9.97 Å². The molecule has 0 aliphatic rings. The Morgan fingerprint density at radius 3 is 2.71 bits per heavy atom. The highest BCUT2D eigenvalue weighted by molar-refractivity contribution is 6.30.